The quantitative estimate of drug-likeness (QED) is 0.768. The first kappa shape index (κ1) is 12.1. The molecule has 0 aromatic heterocycles. The number of benzene rings is 1. The molecule has 2 N–H and O–H groups in total. The van der Waals surface area contributed by atoms with Gasteiger partial charge < -0.3 is 10.5 Å². The van der Waals surface area contributed by atoms with Gasteiger partial charge in [0, 0.05) is 12.5 Å². The molecular formula is C14H19NO2. The maximum Gasteiger partial charge on any atom is 0.305 e. The molecule has 0 heterocycles. The molecule has 1 atom stereocenters. The molecule has 0 amide bonds. The molecule has 2 rings (SSSR count). The lowest BCUT2D eigenvalue weighted by molar-refractivity contribution is -0.144. The van der Waals surface area contributed by atoms with Gasteiger partial charge in [0.25, 0.3) is 0 Å². The number of rotatable bonds is 6. The summed E-state index contributed by atoms with van der Waals surface area (Å²) in [5, 5.41) is 0. The highest BCUT2D eigenvalue weighted by atomic mass is 16.5. The number of esters is 1. The fourth-order valence-electron chi connectivity index (χ4n) is 1.71. The van der Waals surface area contributed by atoms with Crippen LogP contribution in [0.2, 0.25) is 0 Å². The standard InChI is InChI=1S/C14H19NO2/c15-13(12-4-2-1-3-5-12)8-9-14(16)17-10-11-6-7-11/h1-5,11,13H,6-10,15H2. The van der Waals surface area contributed by atoms with E-state index >= 15 is 0 Å². The number of carbonyl (C=O) groups excluding carboxylic acids is 1. The van der Waals surface area contributed by atoms with Crippen LogP contribution in [0, 0.1) is 5.92 Å². The molecule has 1 aromatic rings. The normalized spacial score (nSPS) is 16.5. The van der Waals surface area contributed by atoms with Crippen molar-refractivity contribution in [3.63, 3.8) is 0 Å². The molecule has 0 bridgehead atoms. The van der Waals surface area contributed by atoms with Gasteiger partial charge in [0.15, 0.2) is 0 Å². The molecule has 0 radical (unpaired) electrons. The van der Waals surface area contributed by atoms with Crippen molar-refractivity contribution < 1.29 is 9.53 Å². The largest absolute Gasteiger partial charge is 0.465 e. The second kappa shape index (κ2) is 5.82. The van der Waals surface area contributed by atoms with Crippen molar-refractivity contribution in [2.75, 3.05) is 6.61 Å². The first-order valence-electron chi connectivity index (χ1n) is 6.22. The number of hydrogen-bond acceptors (Lipinski definition) is 3. The van der Waals surface area contributed by atoms with Crippen molar-refractivity contribution in [1.29, 1.82) is 0 Å². The van der Waals surface area contributed by atoms with E-state index in [1.807, 2.05) is 30.3 Å². The maximum atomic E-state index is 11.4. The fraction of sp³-hybridized carbons (Fsp3) is 0.500. The number of carbonyl (C=O) groups is 1. The molecule has 17 heavy (non-hydrogen) atoms. The van der Waals surface area contributed by atoms with Crippen molar-refractivity contribution in [1.82, 2.24) is 0 Å². The highest BCUT2D eigenvalue weighted by Gasteiger charge is 2.23. The summed E-state index contributed by atoms with van der Waals surface area (Å²) in [6.45, 7) is 0.597. The molecule has 0 aliphatic heterocycles. The molecule has 1 unspecified atom stereocenters. The Morgan fingerprint density at radius 1 is 1.35 bits per heavy atom. The van der Waals surface area contributed by atoms with Crippen LogP contribution in [0.4, 0.5) is 0 Å². The lowest BCUT2D eigenvalue weighted by atomic mass is 10.0. The summed E-state index contributed by atoms with van der Waals surface area (Å²) in [6, 6.07) is 9.77. The summed E-state index contributed by atoms with van der Waals surface area (Å²) in [5.74, 6) is 0.505. The van der Waals surface area contributed by atoms with Crippen LogP contribution in [-0.4, -0.2) is 12.6 Å². The van der Waals surface area contributed by atoms with Crippen LogP contribution in [0.1, 0.15) is 37.3 Å². The molecule has 3 heteroatoms. The van der Waals surface area contributed by atoms with E-state index in [4.69, 9.17) is 10.5 Å². The van der Waals surface area contributed by atoms with Gasteiger partial charge in [0.05, 0.1) is 6.61 Å². The van der Waals surface area contributed by atoms with Gasteiger partial charge in [0.1, 0.15) is 0 Å². The third kappa shape index (κ3) is 4.19. The Morgan fingerprint density at radius 2 is 2.06 bits per heavy atom. The molecule has 3 nitrogen and oxygen atoms in total. The van der Waals surface area contributed by atoms with Crippen molar-refractivity contribution in [3.8, 4) is 0 Å². The van der Waals surface area contributed by atoms with Gasteiger partial charge in [-0.15, -0.1) is 0 Å². The molecule has 0 saturated heterocycles. The average molecular weight is 233 g/mol. The number of hydrogen-bond donors (Lipinski definition) is 1. The molecule has 1 aromatic carbocycles. The number of nitrogens with two attached hydrogens (primary N) is 1. The fourth-order valence-corrected chi connectivity index (χ4v) is 1.71. The van der Waals surface area contributed by atoms with Crippen molar-refractivity contribution in [3.05, 3.63) is 35.9 Å². The van der Waals surface area contributed by atoms with Gasteiger partial charge >= 0.3 is 5.97 Å². The van der Waals surface area contributed by atoms with Gasteiger partial charge in [-0.2, -0.15) is 0 Å². The van der Waals surface area contributed by atoms with Crippen LogP contribution in [0.5, 0.6) is 0 Å². The van der Waals surface area contributed by atoms with Crippen LogP contribution in [0.3, 0.4) is 0 Å². The van der Waals surface area contributed by atoms with Gasteiger partial charge in [0.2, 0.25) is 0 Å². The van der Waals surface area contributed by atoms with Crippen LogP contribution in [0.15, 0.2) is 30.3 Å². The van der Waals surface area contributed by atoms with E-state index in [0.717, 1.165) is 5.56 Å². The monoisotopic (exact) mass is 233 g/mol. The van der Waals surface area contributed by atoms with Gasteiger partial charge in [-0.3, -0.25) is 4.79 Å². The zero-order valence-corrected chi connectivity index (χ0v) is 9.97. The lowest BCUT2D eigenvalue weighted by Crippen LogP contribution is -2.14. The van der Waals surface area contributed by atoms with Crippen LogP contribution in [-0.2, 0) is 9.53 Å². The van der Waals surface area contributed by atoms with Gasteiger partial charge in [-0.25, -0.2) is 0 Å². The summed E-state index contributed by atoms with van der Waals surface area (Å²) < 4.78 is 5.16. The average Bonchev–Trinajstić information content (AvgIpc) is 3.18. The Bertz CT molecular complexity index is 360. The van der Waals surface area contributed by atoms with E-state index in [1.165, 1.54) is 12.8 Å². The Hall–Kier alpha value is -1.35. The smallest absolute Gasteiger partial charge is 0.305 e. The summed E-state index contributed by atoms with van der Waals surface area (Å²) in [7, 11) is 0. The molecule has 0 spiro atoms. The predicted octanol–water partition coefficient (Wildman–Crippen LogP) is 2.42. The van der Waals surface area contributed by atoms with Crippen molar-refractivity contribution >= 4 is 5.97 Å². The Balaban J connectivity index is 1.68. The van der Waals surface area contributed by atoms with E-state index in [2.05, 4.69) is 0 Å². The SMILES string of the molecule is NC(CCC(=O)OCC1CC1)c1ccccc1. The Morgan fingerprint density at radius 3 is 2.71 bits per heavy atom. The lowest BCUT2D eigenvalue weighted by Gasteiger charge is -2.11. The minimum absolute atomic E-state index is 0.0790. The zero-order chi connectivity index (χ0) is 12.1. The summed E-state index contributed by atoms with van der Waals surface area (Å²) in [4.78, 5) is 11.4. The molecule has 1 saturated carbocycles. The predicted molar refractivity (Wildman–Crippen MR) is 66.3 cm³/mol. The first-order valence-corrected chi connectivity index (χ1v) is 6.22. The topological polar surface area (TPSA) is 52.3 Å². The number of ether oxygens (including phenoxy) is 1. The van der Waals surface area contributed by atoms with Crippen LogP contribution < -0.4 is 5.73 Å². The molecule has 1 fully saturated rings. The van der Waals surface area contributed by atoms with Crippen molar-refractivity contribution in [2.24, 2.45) is 11.7 Å². The zero-order valence-electron chi connectivity index (χ0n) is 9.97. The highest BCUT2D eigenvalue weighted by molar-refractivity contribution is 5.69. The van der Waals surface area contributed by atoms with E-state index in [1.54, 1.807) is 0 Å². The molecule has 1 aliphatic rings. The van der Waals surface area contributed by atoms with Crippen molar-refractivity contribution in [2.45, 2.75) is 31.7 Å². The molecule has 92 valence electrons. The Labute approximate surface area is 102 Å². The maximum absolute atomic E-state index is 11.4. The third-order valence-electron chi connectivity index (χ3n) is 3.06. The van der Waals surface area contributed by atoms with Gasteiger partial charge in [-0.05, 0) is 30.7 Å². The second-order valence-electron chi connectivity index (χ2n) is 4.68. The highest BCUT2D eigenvalue weighted by Crippen LogP contribution is 2.29. The first-order chi connectivity index (χ1) is 8.25. The molecule has 1 aliphatic carbocycles. The summed E-state index contributed by atoms with van der Waals surface area (Å²) >= 11 is 0. The second-order valence-corrected chi connectivity index (χ2v) is 4.68. The summed E-state index contributed by atoms with van der Waals surface area (Å²) in [5.41, 5.74) is 7.08. The summed E-state index contributed by atoms with van der Waals surface area (Å²) in [6.07, 6.45) is 3.46. The van der Waals surface area contributed by atoms with E-state index in [9.17, 15) is 4.79 Å². The van der Waals surface area contributed by atoms with E-state index in [0.29, 0.717) is 25.4 Å². The van der Waals surface area contributed by atoms with E-state index < -0.39 is 0 Å². The Kier molecular flexibility index (Phi) is 4.15. The molecular weight excluding hydrogens is 214 g/mol. The minimum Gasteiger partial charge on any atom is -0.465 e. The van der Waals surface area contributed by atoms with Crippen LogP contribution >= 0.6 is 0 Å². The van der Waals surface area contributed by atoms with Gasteiger partial charge in [-0.1, -0.05) is 30.3 Å². The van der Waals surface area contributed by atoms with Crippen LogP contribution in [0.25, 0.3) is 0 Å². The van der Waals surface area contributed by atoms with E-state index in [-0.39, 0.29) is 12.0 Å². The minimum atomic E-state index is -0.122. The third-order valence-corrected chi connectivity index (χ3v) is 3.06.